The fourth-order valence-electron chi connectivity index (χ4n) is 1.82. The minimum Gasteiger partial charge on any atom is -0.364 e. The van der Waals surface area contributed by atoms with Crippen LogP contribution in [0.2, 0.25) is 0 Å². The van der Waals surface area contributed by atoms with E-state index in [-0.39, 0.29) is 0 Å². The van der Waals surface area contributed by atoms with Gasteiger partial charge in [0, 0.05) is 23.7 Å². The van der Waals surface area contributed by atoms with E-state index in [4.69, 9.17) is 0 Å². The minimum absolute atomic E-state index is 0.388. The van der Waals surface area contributed by atoms with Crippen LogP contribution in [-0.2, 0) is 9.84 Å². The molecule has 1 aromatic heterocycles. The Morgan fingerprint density at radius 2 is 1.75 bits per heavy atom. The second-order valence-electron chi connectivity index (χ2n) is 3.79. The van der Waals surface area contributed by atoms with E-state index in [0.717, 1.165) is 11.1 Å². The van der Waals surface area contributed by atoms with Gasteiger partial charge in [-0.3, -0.25) is 0 Å². The highest BCUT2D eigenvalue weighted by molar-refractivity contribution is 7.90. The lowest BCUT2D eigenvalue weighted by atomic mass is 10.1. The third-order valence-corrected chi connectivity index (χ3v) is 3.74. The summed E-state index contributed by atoms with van der Waals surface area (Å²) in [6.45, 7) is 1.77. The molecule has 0 aliphatic rings. The number of rotatable bonds is 2. The molecule has 2 rings (SSSR count). The molecule has 0 aliphatic heterocycles. The van der Waals surface area contributed by atoms with Gasteiger partial charge in [0.15, 0.2) is 9.84 Å². The maximum atomic E-state index is 11.7. The van der Waals surface area contributed by atoms with Crippen LogP contribution in [0.25, 0.3) is 11.1 Å². The van der Waals surface area contributed by atoms with Crippen molar-refractivity contribution in [2.75, 3.05) is 6.26 Å². The van der Waals surface area contributed by atoms with Crippen molar-refractivity contribution >= 4 is 9.84 Å². The average Bonchev–Trinajstić information content (AvgIpc) is 2.61. The van der Waals surface area contributed by atoms with E-state index in [1.165, 1.54) is 6.26 Å². The molecule has 0 bridgehead atoms. The summed E-state index contributed by atoms with van der Waals surface area (Å²) < 4.78 is 23.4. The summed E-state index contributed by atoms with van der Waals surface area (Å²) in [6.07, 6.45) is 2.97. The molecular formula is C12H13NO2S. The van der Waals surface area contributed by atoms with E-state index in [1.54, 1.807) is 13.1 Å². The third kappa shape index (κ3) is 1.88. The Labute approximate surface area is 95.1 Å². The number of aromatic nitrogens is 1. The van der Waals surface area contributed by atoms with Crippen molar-refractivity contribution in [3.63, 3.8) is 0 Å². The van der Waals surface area contributed by atoms with Gasteiger partial charge in [-0.15, -0.1) is 0 Å². The van der Waals surface area contributed by atoms with Crippen molar-refractivity contribution in [2.45, 2.75) is 11.8 Å². The zero-order valence-corrected chi connectivity index (χ0v) is 10.0. The predicted molar refractivity (Wildman–Crippen MR) is 64.1 cm³/mol. The summed E-state index contributed by atoms with van der Waals surface area (Å²) in [5.41, 5.74) is 2.33. The Hall–Kier alpha value is -1.55. The van der Waals surface area contributed by atoms with Crippen molar-refractivity contribution in [1.29, 1.82) is 0 Å². The fraction of sp³-hybridized carbons (Fsp3) is 0.167. The summed E-state index contributed by atoms with van der Waals surface area (Å²) in [5, 5.41) is 0. The van der Waals surface area contributed by atoms with Gasteiger partial charge in [0.1, 0.15) is 0 Å². The van der Waals surface area contributed by atoms with Crippen LogP contribution in [0.3, 0.4) is 0 Å². The van der Waals surface area contributed by atoms with Gasteiger partial charge in [0.2, 0.25) is 0 Å². The Kier molecular flexibility index (Phi) is 2.59. The fourth-order valence-corrected chi connectivity index (χ4v) is 3.01. The number of hydrogen-bond acceptors (Lipinski definition) is 2. The number of H-pyrrole nitrogens is 1. The van der Waals surface area contributed by atoms with Gasteiger partial charge in [-0.05, 0) is 12.5 Å². The lowest BCUT2D eigenvalue weighted by Crippen LogP contribution is -1.99. The van der Waals surface area contributed by atoms with E-state index in [1.807, 2.05) is 30.3 Å². The van der Waals surface area contributed by atoms with Crippen molar-refractivity contribution in [3.8, 4) is 11.1 Å². The van der Waals surface area contributed by atoms with Crippen LogP contribution in [0.15, 0.2) is 41.4 Å². The Balaban J connectivity index is 2.69. The predicted octanol–water partition coefficient (Wildman–Crippen LogP) is 2.39. The Morgan fingerprint density at radius 1 is 1.12 bits per heavy atom. The number of hydrogen-bond donors (Lipinski definition) is 1. The first kappa shape index (κ1) is 11.0. The van der Waals surface area contributed by atoms with Crippen LogP contribution in [0, 0.1) is 6.92 Å². The molecule has 84 valence electrons. The topological polar surface area (TPSA) is 49.9 Å². The summed E-state index contributed by atoms with van der Waals surface area (Å²) >= 11 is 0. The molecule has 1 aromatic carbocycles. The monoisotopic (exact) mass is 235 g/mol. The maximum Gasteiger partial charge on any atom is 0.177 e. The van der Waals surface area contributed by atoms with Crippen molar-refractivity contribution in [3.05, 3.63) is 42.2 Å². The lowest BCUT2D eigenvalue weighted by Gasteiger charge is -2.03. The molecule has 0 amide bonds. The molecule has 2 aromatic rings. The van der Waals surface area contributed by atoms with Crippen molar-refractivity contribution in [1.82, 2.24) is 4.98 Å². The molecular weight excluding hydrogens is 222 g/mol. The number of aryl methyl sites for hydroxylation is 1. The van der Waals surface area contributed by atoms with Crippen LogP contribution in [0.5, 0.6) is 0 Å². The van der Waals surface area contributed by atoms with Gasteiger partial charge in [-0.25, -0.2) is 8.42 Å². The van der Waals surface area contributed by atoms with Gasteiger partial charge < -0.3 is 4.98 Å². The molecule has 0 radical (unpaired) electrons. The van der Waals surface area contributed by atoms with E-state index in [9.17, 15) is 8.42 Å². The molecule has 0 saturated carbocycles. The highest BCUT2D eigenvalue weighted by Crippen LogP contribution is 2.29. The summed E-state index contributed by atoms with van der Waals surface area (Å²) in [5.74, 6) is 0. The molecule has 0 saturated heterocycles. The molecule has 4 heteroatoms. The van der Waals surface area contributed by atoms with Crippen LogP contribution in [-0.4, -0.2) is 19.7 Å². The molecule has 1 heterocycles. The highest BCUT2D eigenvalue weighted by atomic mass is 32.2. The lowest BCUT2D eigenvalue weighted by molar-refractivity contribution is 0.601. The Bertz CT molecular complexity index is 597. The Morgan fingerprint density at radius 3 is 2.31 bits per heavy atom. The normalized spacial score (nSPS) is 11.6. The van der Waals surface area contributed by atoms with Gasteiger partial charge in [0.25, 0.3) is 0 Å². The highest BCUT2D eigenvalue weighted by Gasteiger charge is 2.18. The molecule has 1 N–H and O–H groups in total. The first-order chi connectivity index (χ1) is 7.50. The third-order valence-electron chi connectivity index (χ3n) is 2.47. The van der Waals surface area contributed by atoms with E-state index >= 15 is 0 Å². The van der Waals surface area contributed by atoms with E-state index in [2.05, 4.69) is 4.98 Å². The first-order valence-electron chi connectivity index (χ1n) is 4.93. The standard InChI is InChI=1S/C12H13NO2S/c1-9-12(16(2,14)15)11(8-13-9)10-6-4-3-5-7-10/h3-8,13H,1-2H3. The minimum atomic E-state index is -3.20. The molecule has 0 spiro atoms. The van der Waals surface area contributed by atoms with E-state index in [0.29, 0.717) is 10.6 Å². The molecule has 0 fully saturated rings. The zero-order valence-electron chi connectivity index (χ0n) is 9.19. The largest absolute Gasteiger partial charge is 0.364 e. The maximum absolute atomic E-state index is 11.7. The SMILES string of the molecule is Cc1[nH]cc(-c2ccccc2)c1S(C)(=O)=O. The molecule has 16 heavy (non-hydrogen) atoms. The van der Waals surface area contributed by atoms with Gasteiger partial charge in [-0.2, -0.15) is 0 Å². The first-order valence-corrected chi connectivity index (χ1v) is 6.83. The second-order valence-corrected chi connectivity index (χ2v) is 5.75. The molecule has 0 unspecified atom stereocenters. The summed E-state index contributed by atoms with van der Waals surface area (Å²) in [4.78, 5) is 3.35. The quantitative estimate of drug-likeness (QED) is 0.869. The van der Waals surface area contributed by atoms with Crippen LogP contribution < -0.4 is 0 Å². The van der Waals surface area contributed by atoms with Crippen LogP contribution in [0.1, 0.15) is 5.69 Å². The van der Waals surface area contributed by atoms with E-state index < -0.39 is 9.84 Å². The van der Waals surface area contributed by atoms with Gasteiger partial charge in [0.05, 0.1) is 4.90 Å². The van der Waals surface area contributed by atoms with Gasteiger partial charge >= 0.3 is 0 Å². The summed E-state index contributed by atoms with van der Waals surface area (Å²) in [6, 6.07) is 9.49. The number of nitrogens with one attached hydrogen (secondary N) is 1. The second kappa shape index (κ2) is 3.79. The van der Waals surface area contributed by atoms with Crippen LogP contribution >= 0.6 is 0 Å². The van der Waals surface area contributed by atoms with Crippen molar-refractivity contribution in [2.24, 2.45) is 0 Å². The zero-order chi connectivity index (χ0) is 11.8. The number of sulfone groups is 1. The molecule has 0 aliphatic carbocycles. The molecule has 0 atom stereocenters. The summed E-state index contributed by atoms with van der Waals surface area (Å²) in [7, 11) is -3.20. The van der Waals surface area contributed by atoms with Crippen molar-refractivity contribution < 1.29 is 8.42 Å². The average molecular weight is 235 g/mol. The number of benzene rings is 1. The number of aromatic amines is 1. The molecule has 3 nitrogen and oxygen atoms in total. The van der Waals surface area contributed by atoms with Gasteiger partial charge in [-0.1, -0.05) is 30.3 Å². The smallest absolute Gasteiger partial charge is 0.177 e. The van der Waals surface area contributed by atoms with Crippen LogP contribution in [0.4, 0.5) is 0 Å².